The number of amides is 2. The number of nitrogens with one attached hydrogen (secondary N) is 2. The molecule has 0 aromatic heterocycles. The number of fused-ring (bicyclic) bond motifs is 1. The second kappa shape index (κ2) is 7.87. The van der Waals surface area contributed by atoms with E-state index in [1.165, 1.54) is 13.3 Å². The SMILES string of the molecule is COc1ccc(Br)cc1/C=N\NC(=O)C(=O)Nc1ccc2c(c1)OCO2. The van der Waals surface area contributed by atoms with Gasteiger partial charge in [0.1, 0.15) is 5.75 Å². The molecule has 0 saturated carbocycles. The predicted molar refractivity (Wildman–Crippen MR) is 97.6 cm³/mol. The maximum Gasteiger partial charge on any atom is 0.329 e. The van der Waals surface area contributed by atoms with Gasteiger partial charge in [-0.3, -0.25) is 9.59 Å². The lowest BCUT2D eigenvalue weighted by Gasteiger charge is -2.06. The molecule has 1 aliphatic heterocycles. The van der Waals surface area contributed by atoms with Crippen LogP contribution in [0.5, 0.6) is 17.2 Å². The van der Waals surface area contributed by atoms with Gasteiger partial charge in [-0.25, -0.2) is 5.43 Å². The molecular formula is C17H14BrN3O5. The van der Waals surface area contributed by atoms with Crippen LogP contribution in [-0.4, -0.2) is 31.9 Å². The molecule has 0 radical (unpaired) electrons. The molecule has 26 heavy (non-hydrogen) atoms. The van der Waals surface area contributed by atoms with Gasteiger partial charge in [-0.05, 0) is 30.3 Å². The number of ether oxygens (including phenoxy) is 3. The fraction of sp³-hybridized carbons (Fsp3) is 0.118. The highest BCUT2D eigenvalue weighted by atomic mass is 79.9. The fourth-order valence-electron chi connectivity index (χ4n) is 2.18. The Bertz CT molecular complexity index is 885. The van der Waals surface area contributed by atoms with E-state index in [2.05, 4.69) is 31.8 Å². The molecule has 2 N–H and O–H groups in total. The zero-order valence-corrected chi connectivity index (χ0v) is 15.2. The zero-order valence-electron chi connectivity index (χ0n) is 13.6. The summed E-state index contributed by atoms with van der Waals surface area (Å²) >= 11 is 3.34. The lowest BCUT2D eigenvalue weighted by molar-refractivity contribution is -0.136. The first-order valence-corrected chi connectivity index (χ1v) is 8.23. The molecule has 2 amide bonds. The van der Waals surface area contributed by atoms with Gasteiger partial charge in [-0.15, -0.1) is 0 Å². The summed E-state index contributed by atoms with van der Waals surface area (Å²) in [6.07, 6.45) is 1.38. The topological polar surface area (TPSA) is 98.2 Å². The fourth-order valence-corrected chi connectivity index (χ4v) is 2.56. The number of anilines is 1. The second-order valence-electron chi connectivity index (χ2n) is 5.11. The van der Waals surface area contributed by atoms with E-state index in [1.807, 2.05) is 6.07 Å². The number of hydrazone groups is 1. The van der Waals surface area contributed by atoms with Crippen LogP contribution in [0.25, 0.3) is 0 Å². The number of carbonyl (C=O) groups excluding carboxylic acids is 2. The summed E-state index contributed by atoms with van der Waals surface area (Å²) in [6, 6.07) is 10.2. The summed E-state index contributed by atoms with van der Waals surface area (Å²) in [4.78, 5) is 23.8. The summed E-state index contributed by atoms with van der Waals surface area (Å²) in [6.45, 7) is 0.126. The third-order valence-corrected chi connectivity index (χ3v) is 3.89. The van der Waals surface area contributed by atoms with E-state index in [1.54, 1.807) is 30.3 Å². The van der Waals surface area contributed by atoms with Crippen molar-refractivity contribution in [2.24, 2.45) is 5.10 Å². The number of nitrogens with zero attached hydrogens (tertiary/aromatic N) is 1. The average molecular weight is 420 g/mol. The van der Waals surface area contributed by atoms with Gasteiger partial charge in [-0.2, -0.15) is 5.10 Å². The van der Waals surface area contributed by atoms with E-state index in [0.29, 0.717) is 28.5 Å². The van der Waals surface area contributed by atoms with Gasteiger partial charge in [0.15, 0.2) is 11.5 Å². The van der Waals surface area contributed by atoms with Crippen LogP contribution in [0.3, 0.4) is 0 Å². The normalized spacial score (nSPS) is 12.1. The molecule has 0 spiro atoms. The first-order valence-electron chi connectivity index (χ1n) is 7.44. The predicted octanol–water partition coefficient (Wildman–Crippen LogP) is 2.28. The largest absolute Gasteiger partial charge is 0.496 e. The van der Waals surface area contributed by atoms with Crippen molar-refractivity contribution in [2.75, 3.05) is 19.2 Å². The standard InChI is InChI=1S/C17H14BrN3O5/c1-24-13-4-2-11(18)6-10(13)8-19-21-17(23)16(22)20-12-3-5-14-15(7-12)26-9-25-14/h2-8H,9H2,1H3,(H,20,22)(H,21,23)/b19-8-. The number of carbonyl (C=O) groups is 2. The Hall–Kier alpha value is -3.07. The molecule has 2 aromatic rings. The number of hydrogen-bond acceptors (Lipinski definition) is 6. The summed E-state index contributed by atoms with van der Waals surface area (Å²) in [7, 11) is 1.53. The molecule has 0 saturated heterocycles. The number of hydrogen-bond donors (Lipinski definition) is 2. The third kappa shape index (κ3) is 4.12. The highest BCUT2D eigenvalue weighted by molar-refractivity contribution is 9.10. The first kappa shape index (κ1) is 17.7. The number of benzene rings is 2. The van der Waals surface area contributed by atoms with Crippen molar-refractivity contribution in [1.29, 1.82) is 0 Å². The maximum atomic E-state index is 11.9. The highest BCUT2D eigenvalue weighted by Crippen LogP contribution is 2.34. The van der Waals surface area contributed by atoms with E-state index in [-0.39, 0.29) is 6.79 Å². The molecule has 1 heterocycles. The lowest BCUT2D eigenvalue weighted by Crippen LogP contribution is -2.32. The molecule has 3 rings (SSSR count). The van der Waals surface area contributed by atoms with Crippen LogP contribution in [0.1, 0.15) is 5.56 Å². The Morgan fingerprint density at radius 3 is 2.77 bits per heavy atom. The van der Waals surface area contributed by atoms with Crippen molar-refractivity contribution in [3.8, 4) is 17.2 Å². The van der Waals surface area contributed by atoms with Gasteiger partial charge in [-0.1, -0.05) is 15.9 Å². The van der Waals surface area contributed by atoms with E-state index in [9.17, 15) is 9.59 Å². The zero-order chi connectivity index (χ0) is 18.5. The van der Waals surface area contributed by atoms with E-state index >= 15 is 0 Å². The van der Waals surface area contributed by atoms with Gasteiger partial charge in [0, 0.05) is 21.8 Å². The molecule has 8 nitrogen and oxygen atoms in total. The van der Waals surface area contributed by atoms with Crippen molar-refractivity contribution >= 4 is 39.6 Å². The van der Waals surface area contributed by atoms with Crippen molar-refractivity contribution in [2.45, 2.75) is 0 Å². The first-order chi connectivity index (χ1) is 12.6. The molecular weight excluding hydrogens is 406 g/mol. The number of halogens is 1. The molecule has 0 unspecified atom stereocenters. The van der Waals surface area contributed by atoms with Crippen molar-refractivity contribution < 1.29 is 23.8 Å². The molecule has 9 heteroatoms. The van der Waals surface area contributed by atoms with Gasteiger partial charge in [0.05, 0.1) is 13.3 Å². The van der Waals surface area contributed by atoms with Gasteiger partial charge < -0.3 is 19.5 Å². The Morgan fingerprint density at radius 2 is 1.96 bits per heavy atom. The van der Waals surface area contributed by atoms with Gasteiger partial charge >= 0.3 is 11.8 Å². The number of methoxy groups -OCH3 is 1. The Balaban J connectivity index is 1.59. The average Bonchev–Trinajstić information content (AvgIpc) is 3.09. The minimum absolute atomic E-state index is 0.126. The van der Waals surface area contributed by atoms with Crippen LogP contribution >= 0.6 is 15.9 Å². The summed E-state index contributed by atoms with van der Waals surface area (Å²) < 4.78 is 16.4. The smallest absolute Gasteiger partial charge is 0.329 e. The van der Waals surface area contributed by atoms with Crippen LogP contribution in [-0.2, 0) is 9.59 Å². The van der Waals surface area contributed by atoms with Gasteiger partial charge in [0.25, 0.3) is 0 Å². The summed E-state index contributed by atoms with van der Waals surface area (Å²) in [5.41, 5.74) is 3.21. The van der Waals surface area contributed by atoms with Crippen LogP contribution < -0.4 is 25.0 Å². The van der Waals surface area contributed by atoms with Crippen LogP contribution in [0.15, 0.2) is 46.0 Å². The van der Waals surface area contributed by atoms with Crippen LogP contribution in [0.4, 0.5) is 5.69 Å². The van der Waals surface area contributed by atoms with E-state index in [4.69, 9.17) is 14.2 Å². The molecule has 0 bridgehead atoms. The summed E-state index contributed by atoms with van der Waals surface area (Å²) in [5.74, 6) is -0.103. The highest BCUT2D eigenvalue weighted by Gasteiger charge is 2.17. The van der Waals surface area contributed by atoms with Crippen molar-refractivity contribution in [1.82, 2.24) is 5.43 Å². The minimum atomic E-state index is -0.909. The minimum Gasteiger partial charge on any atom is -0.496 e. The molecule has 2 aromatic carbocycles. The van der Waals surface area contributed by atoms with Crippen LogP contribution in [0.2, 0.25) is 0 Å². The maximum absolute atomic E-state index is 11.9. The quantitative estimate of drug-likeness (QED) is 0.449. The van der Waals surface area contributed by atoms with Gasteiger partial charge in [0.2, 0.25) is 6.79 Å². The Labute approximate surface area is 157 Å². The second-order valence-corrected chi connectivity index (χ2v) is 6.02. The van der Waals surface area contributed by atoms with E-state index in [0.717, 1.165) is 4.47 Å². The van der Waals surface area contributed by atoms with Crippen molar-refractivity contribution in [3.63, 3.8) is 0 Å². The third-order valence-electron chi connectivity index (χ3n) is 3.40. The molecule has 134 valence electrons. The Kier molecular flexibility index (Phi) is 5.37. The monoisotopic (exact) mass is 419 g/mol. The summed E-state index contributed by atoms with van der Waals surface area (Å²) in [5, 5.41) is 6.24. The number of rotatable bonds is 4. The van der Waals surface area contributed by atoms with E-state index < -0.39 is 11.8 Å². The molecule has 0 atom stereocenters. The van der Waals surface area contributed by atoms with Crippen LogP contribution in [0, 0.1) is 0 Å². The lowest BCUT2D eigenvalue weighted by atomic mass is 10.2. The molecule has 1 aliphatic rings. The Morgan fingerprint density at radius 1 is 1.15 bits per heavy atom. The van der Waals surface area contributed by atoms with Crippen molar-refractivity contribution in [3.05, 3.63) is 46.4 Å². The molecule has 0 aliphatic carbocycles. The molecule has 0 fully saturated rings.